The first kappa shape index (κ1) is 9.59. The molecule has 1 nitrogen and oxygen atoms in total. The van der Waals surface area contributed by atoms with Gasteiger partial charge in [-0.3, -0.25) is 4.99 Å². The van der Waals surface area contributed by atoms with Crippen molar-refractivity contribution in [1.82, 2.24) is 0 Å². The molecule has 0 aromatic heterocycles. The zero-order chi connectivity index (χ0) is 10.1. The molecule has 1 aromatic carbocycles. The van der Waals surface area contributed by atoms with Gasteiger partial charge in [-0.2, -0.15) is 0 Å². The van der Waals surface area contributed by atoms with E-state index in [-0.39, 0.29) is 5.82 Å². The van der Waals surface area contributed by atoms with Crippen LogP contribution in [0.15, 0.2) is 39.4 Å². The minimum atomic E-state index is -0.221. The molecule has 0 N–H and O–H groups in total. The molecule has 3 heteroatoms. The minimum Gasteiger partial charge on any atom is -0.257 e. The molecule has 1 aliphatic rings. The smallest absolute Gasteiger partial charge is 0.133 e. The molecule has 14 heavy (non-hydrogen) atoms. The number of allylic oxidation sites excluding steroid dienone is 2. The second-order valence-electron chi connectivity index (χ2n) is 3.23. The fourth-order valence-electron chi connectivity index (χ4n) is 1.44. The Balaban J connectivity index is 2.39. The predicted octanol–water partition coefficient (Wildman–Crippen LogP) is 3.68. The molecule has 0 atom stereocenters. The van der Waals surface area contributed by atoms with Gasteiger partial charge in [0.05, 0.1) is 5.71 Å². The Morgan fingerprint density at radius 3 is 2.79 bits per heavy atom. The van der Waals surface area contributed by atoms with Gasteiger partial charge >= 0.3 is 0 Å². The highest BCUT2D eigenvalue weighted by Crippen LogP contribution is 2.21. The number of rotatable bonds is 1. The van der Waals surface area contributed by atoms with Gasteiger partial charge in [0.1, 0.15) is 5.82 Å². The van der Waals surface area contributed by atoms with E-state index in [2.05, 4.69) is 20.9 Å². The van der Waals surface area contributed by atoms with Crippen molar-refractivity contribution in [2.24, 2.45) is 4.99 Å². The number of hydrogen-bond acceptors (Lipinski definition) is 1. The van der Waals surface area contributed by atoms with Gasteiger partial charge in [-0.05, 0) is 25.1 Å². The molecule has 0 radical (unpaired) electrons. The van der Waals surface area contributed by atoms with Crippen molar-refractivity contribution in [2.45, 2.75) is 13.3 Å². The van der Waals surface area contributed by atoms with E-state index in [1.807, 2.05) is 19.1 Å². The van der Waals surface area contributed by atoms with Crippen molar-refractivity contribution in [3.63, 3.8) is 0 Å². The lowest BCUT2D eigenvalue weighted by Crippen LogP contribution is -1.99. The van der Waals surface area contributed by atoms with E-state index in [4.69, 9.17) is 0 Å². The van der Waals surface area contributed by atoms with Crippen LogP contribution in [0.1, 0.15) is 18.9 Å². The molecule has 0 spiro atoms. The van der Waals surface area contributed by atoms with Gasteiger partial charge in [0.15, 0.2) is 0 Å². The molecule has 0 bridgehead atoms. The van der Waals surface area contributed by atoms with Gasteiger partial charge in [-0.1, -0.05) is 22.0 Å². The van der Waals surface area contributed by atoms with Crippen molar-refractivity contribution < 1.29 is 4.39 Å². The summed E-state index contributed by atoms with van der Waals surface area (Å²) in [6, 6.07) is 5.05. The topological polar surface area (TPSA) is 12.4 Å². The molecule has 0 fully saturated rings. The van der Waals surface area contributed by atoms with Crippen LogP contribution in [0, 0.1) is 5.82 Å². The van der Waals surface area contributed by atoms with Crippen LogP contribution >= 0.6 is 15.9 Å². The fraction of sp³-hybridized carbons (Fsp3) is 0.182. The molecule has 1 aromatic rings. The van der Waals surface area contributed by atoms with Crippen LogP contribution < -0.4 is 0 Å². The van der Waals surface area contributed by atoms with Gasteiger partial charge in [-0.25, -0.2) is 4.39 Å². The van der Waals surface area contributed by atoms with Crippen molar-refractivity contribution in [3.8, 4) is 0 Å². The number of halogens is 2. The first-order valence-electron chi connectivity index (χ1n) is 4.36. The van der Waals surface area contributed by atoms with Crippen molar-refractivity contribution in [2.75, 3.05) is 0 Å². The maximum Gasteiger partial charge on any atom is 0.133 e. The lowest BCUT2D eigenvalue weighted by molar-refractivity contribution is 0.624. The molecule has 1 aliphatic heterocycles. The fourth-order valence-corrected chi connectivity index (χ4v) is 1.78. The van der Waals surface area contributed by atoms with Crippen LogP contribution in [0.2, 0.25) is 0 Å². The summed E-state index contributed by atoms with van der Waals surface area (Å²) in [6.45, 7) is 1.92. The van der Waals surface area contributed by atoms with Crippen molar-refractivity contribution in [3.05, 3.63) is 45.8 Å². The second-order valence-corrected chi connectivity index (χ2v) is 4.15. The minimum absolute atomic E-state index is 0.221. The molecule has 0 unspecified atom stereocenters. The predicted molar refractivity (Wildman–Crippen MR) is 59.0 cm³/mol. The van der Waals surface area contributed by atoms with Crippen LogP contribution in [0.3, 0.4) is 0 Å². The molecular weight excluding hydrogens is 245 g/mol. The third-order valence-electron chi connectivity index (χ3n) is 2.14. The van der Waals surface area contributed by atoms with E-state index in [0.717, 1.165) is 22.3 Å². The summed E-state index contributed by atoms with van der Waals surface area (Å²) in [5.74, 6) is -0.221. The largest absolute Gasteiger partial charge is 0.257 e. The Kier molecular flexibility index (Phi) is 2.50. The zero-order valence-corrected chi connectivity index (χ0v) is 9.31. The maximum atomic E-state index is 13.5. The summed E-state index contributed by atoms with van der Waals surface area (Å²) in [6.07, 6.45) is 2.72. The third kappa shape index (κ3) is 1.77. The number of nitrogens with zero attached hydrogens (tertiary/aromatic N) is 1. The first-order valence-corrected chi connectivity index (χ1v) is 5.16. The summed E-state index contributed by atoms with van der Waals surface area (Å²) in [5.41, 5.74) is 2.37. The van der Waals surface area contributed by atoms with Gasteiger partial charge in [0, 0.05) is 22.2 Å². The van der Waals surface area contributed by atoms with Crippen LogP contribution in [0.4, 0.5) is 4.39 Å². The number of benzene rings is 1. The highest BCUT2D eigenvalue weighted by Gasteiger charge is 2.12. The highest BCUT2D eigenvalue weighted by atomic mass is 79.9. The standard InChI is InChI=1S/C11H9BrFN/c1-7-2-5-11(14-7)9-4-3-8(12)6-10(9)13/h2-4,6H,5H2,1H3. The Hall–Kier alpha value is -0.960. The van der Waals surface area contributed by atoms with Crippen LogP contribution in [-0.4, -0.2) is 5.71 Å². The van der Waals surface area contributed by atoms with Crippen LogP contribution in [-0.2, 0) is 0 Å². The molecule has 0 aliphatic carbocycles. The molecule has 0 saturated heterocycles. The first-order chi connectivity index (χ1) is 6.66. The lowest BCUT2D eigenvalue weighted by atomic mass is 10.1. The molecule has 2 rings (SSSR count). The molecular formula is C11H9BrFN. The normalized spacial score (nSPS) is 15.4. The van der Waals surface area contributed by atoms with Crippen LogP contribution in [0.5, 0.6) is 0 Å². The third-order valence-corrected chi connectivity index (χ3v) is 2.64. The van der Waals surface area contributed by atoms with E-state index in [1.54, 1.807) is 6.07 Å². The second kappa shape index (κ2) is 3.65. The van der Waals surface area contributed by atoms with Crippen LogP contribution in [0.25, 0.3) is 0 Å². The summed E-state index contributed by atoms with van der Waals surface area (Å²) < 4.78 is 14.2. The number of hydrogen-bond donors (Lipinski definition) is 0. The molecule has 0 amide bonds. The van der Waals surface area contributed by atoms with Gasteiger partial charge in [0.2, 0.25) is 0 Å². The average Bonchev–Trinajstić information content (AvgIpc) is 2.51. The van der Waals surface area contributed by atoms with E-state index >= 15 is 0 Å². The average molecular weight is 254 g/mol. The summed E-state index contributed by atoms with van der Waals surface area (Å²) in [7, 11) is 0. The monoisotopic (exact) mass is 253 g/mol. The van der Waals surface area contributed by atoms with E-state index in [1.165, 1.54) is 6.07 Å². The highest BCUT2D eigenvalue weighted by molar-refractivity contribution is 9.10. The molecule has 1 heterocycles. The zero-order valence-electron chi connectivity index (χ0n) is 7.72. The van der Waals surface area contributed by atoms with Gasteiger partial charge in [-0.15, -0.1) is 0 Å². The van der Waals surface area contributed by atoms with E-state index in [9.17, 15) is 4.39 Å². The van der Waals surface area contributed by atoms with E-state index < -0.39 is 0 Å². The summed E-state index contributed by atoms with van der Waals surface area (Å²) >= 11 is 3.22. The Morgan fingerprint density at radius 1 is 1.43 bits per heavy atom. The Labute approximate surface area is 90.5 Å². The Morgan fingerprint density at radius 2 is 2.21 bits per heavy atom. The van der Waals surface area contributed by atoms with Crippen molar-refractivity contribution in [1.29, 1.82) is 0 Å². The SMILES string of the molecule is CC1=CCC(c2ccc(Br)cc2F)=N1. The summed E-state index contributed by atoms with van der Waals surface area (Å²) in [5, 5.41) is 0. The van der Waals surface area contributed by atoms with Crippen molar-refractivity contribution >= 4 is 21.6 Å². The molecule has 72 valence electrons. The quantitative estimate of drug-likeness (QED) is 0.724. The van der Waals surface area contributed by atoms with Gasteiger partial charge in [0.25, 0.3) is 0 Å². The summed E-state index contributed by atoms with van der Waals surface area (Å²) in [4.78, 5) is 4.27. The van der Waals surface area contributed by atoms with Gasteiger partial charge < -0.3 is 0 Å². The maximum absolute atomic E-state index is 13.5. The molecule has 0 saturated carbocycles. The lowest BCUT2D eigenvalue weighted by Gasteiger charge is -2.02. The van der Waals surface area contributed by atoms with E-state index in [0.29, 0.717) is 5.56 Å². The number of aliphatic imine (C=N–C) groups is 1. The Bertz CT molecular complexity index is 435.